The molecule has 3 rings (SSSR count). The largest absolute Gasteiger partial charge is 0.394 e. The highest BCUT2D eigenvalue weighted by atomic mass is 17.1. The Hall–Kier alpha value is -1.19. The Morgan fingerprint density at radius 1 is 0.930 bits per heavy atom. The highest BCUT2D eigenvalue weighted by Crippen LogP contribution is 2.37. The molecule has 0 aromatic carbocycles. The van der Waals surface area contributed by atoms with E-state index in [1.165, 1.54) is 0 Å². The van der Waals surface area contributed by atoms with Crippen LogP contribution in [0.3, 0.4) is 0 Å². The maximum absolute atomic E-state index is 12.5. The molecule has 1 heterocycles. The zero-order chi connectivity index (χ0) is 31.8. The molecule has 2 saturated carbocycles. The molecule has 12 atom stereocenters. The molecular formula is C31H54O12. The van der Waals surface area contributed by atoms with Crippen LogP contribution in [0.4, 0.5) is 0 Å². The van der Waals surface area contributed by atoms with Crippen molar-refractivity contribution >= 4 is 5.97 Å². The maximum Gasteiger partial charge on any atom is 0.368 e. The first-order valence-electron chi connectivity index (χ1n) is 15.9. The van der Waals surface area contributed by atoms with Crippen LogP contribution < -0.4 is 0 Å². The van der Waals surface area contributed by atoms with Gasteiger partial charge in [0.25, 0.3) is 0 Å². The normalized spacial score (nSPS) is 35.8. The van der Waals surface area contributed by atoms with Crippen LogP contribution in [0.2, 0.25) is 0 Å². The molecular weight excluding hydrogens is 564 g/mol. The maximum atomic E-state index is 12.5. The smallest absolute Gasteiger partial charge is 0.368 e. The van der Waals surface area contributed by atoms with Gasteiger partial charge in [0.1, 0.15) is 24.4 Å². The Morgan fingerprint density at radius 2 is 1.60 bits per heavy atom. The van der Waals surface area contributed by atoms with E-state index in [2.05, 4.69) is 4.89 Å². The second-order valence-electron chi connectivity index (χ2n) is 13.1. The fraction of sp³-hybridized carbons (Fsp3) is 0.903. The molecule has 2 aliphatic carbocycles. The lowest BCUT2D eigenvalue weighted by molar-refractivity contribution is -0.316. The minimum atomic E-state index is -1.41. The van der Waals surface area contributed by atoms with Crippen LogP contribution >= 0.6 is 0 Å². The fourth-order valence-corrected chi connectivity index (χ4v) is 6.71. The van der Waals surface area contributed by atoms with Crippen LogP contribution in [0.25, 0.3) is 0 Å². The van der Waals surface area contributed by atoms with Crippen molar-refractivity contribution in [1.29, 1.82) is 0 Å². The van der Waals surface area contributed by atoms with E-state index >= 15 is 0 Å². The van der Waals surface area contributed by atoms with Gasteiger partial charge in [-0.2, -0.15) is 5.26 Å². The Labute approximate surface area is 254 Å². The predicted octanol–water partition coefficient (Wildman–Crippen LogP) is 1.67. The third-order valence-electron chi connectivity index (χ3n) is 9.53. The summed E-state index contributed by atoms with van der Waals surface area (Å²) in [6.45, 7) is 6.50. The summed E-state index contributed by atoms with van der Waals surface area (Å²) in [5.74, 6) is -2.11. The van der Waals surface area contributed by atoms with Gasteiger partial charge in [0.15, 0.2) is 6.29 Å². The Bertz CT molecular complexity index is 877. The first-order chi connectivity index (χ1) is 20.4. The zero-order valence-corrected chi connectivity index (χ0v) is 25.9. The predicted molar refractivity (Wildman–Crippen MR) is 154 cm³/mol. The van der Waals surface area contributed by atoms with E-state index in [9.17, 15) is 35.4 Å². The Balaban J connectivity index is 1.77. The second-order valence-corrected chi connectivity index (χ2v) is 13.1. The number of ether oxygens (including phenoxy) is 3. The standard InChI is InChI=1S/C31H54O12/c1-16(2)24(33)28(37)25(34)18(4)40-29-17(3)9-8-12-22(29)41-31-27(36)21(26(35)23(15-32)42-31)14-20(30(38)43-39)13-19-10-6-5-7-11-19/h13,16-19,21-29,31-37,39H,5-12,14-15H2,1-4H3/b20-13+. The number of carbonyl (C=O) groups excluding carboxylic acids is 1. The van der Waals surface area contributed by atoms with Gasteiger partial charge in [-0.1, -0.05) is 52.5 Å². The summed E-state index contributed by atoms with van der Waals surface area (Å²) in [6, 6.07) is 0. The average Bonchev–Trinajstić information content (AvgIpc) is 3.00. The fourth-order valence-electron chi connectivity index (χ4n) is 6.71. The van der Waals surface area contributed by atoms with Gasteiger partial charge < -0.3 is 44.8 Å². The molecule has 0 amide bonds. The summed E-state index contributed by atoms with van der Waals surface area (Å²) in [7, 11) is 0. The van der Waals surface area contributed by atoms with Crippen molar-refractivity contribution in [3.8, 4) is 0 Å². The van der Waals surface area contributed by atoms with Crippen molar-refractivity contribution in [2.24, 2.45) is 23.7 Å². The van der Waals surface area contributed by atoms with Crippen LogP contribution in [-0.4, -0.2) is 110 Å². The molecule has 250 valence electrons. The molecule has 7 N–H and O–H groups in total. The number of carbonyl (C=O) groups is 1. The molecule has 43 heavy (non-hydrogen) atoms. The minimum Gasteiger partial charge on any atom is -0.394 e. The molecule has 0 bridgehead atoms. The topological polar surface area (TPSA) is 196 Å². The van der Waals surface area contributed by atoms with E-state index in [1.807, 2.05) is 6.92 Å². The number of allylic oxidation sites excluding steroid dienone is 1. The number of aliphatic hydroxyl groups is 6. The summed E-state index contributed by atoms with van der Waals surface area (Å²) in [6.07, 6.45) is -2.33. The molecule has 12 unspecified atom stereocenters. The van der Waals surface area contributed by atoms with Gasteiger partial charge in [0.2, 0.25) is 0 Å². The third-order valence-corrected chi connectivity index (χ3v) is 9.53. The molecule has 3 aliphatic rings. The molecule has 0 aromatic heterocycles. The van der Waals surface area contributed by atoms with E-state index in [0.717, 1.165) is 44.9 Å². The van der Waals surface area contributed by atoms with Gasteiger partial charge in [-0.05, 0) is 56.8 Å². The minimum absolute atomic E-state index is 0.0133. The van der Waals surface area contributed by atoms with Crippen molar-refractivity contribution < 1.29 is 59.8 Å². The average molecular weight is 619 g/mol. The van der Waals surface area contributed by atoms with E-state index in [1.54, 1.807) is 26.8 Å². The Morgan fingerprint density at radius 3 is 2.21 bits per heavy atom. The molecule has 0 aromatic rings. The first kappa shape index (κ1) is 36.3. The van der Waals surface area contributed by atoms with Gasteiger partial charge in [0.05, 0.1) is 37.1 Å². The molecule has 0 spiro atoms. The monoisotopic (exact) mass is 618 g/mol. The van der Waals surface area contributed by atoms with Crippen molar-refractivity contribution in [3.63, 3.8) is 0 Å². The van der Waals surface area contributed by atoms with Gasteiger partial charge in [0, 0.05) is 11.5 Å². The molecule has 3 fully saturated rings. The van der Waals surface area contributed by atoms with Gasteiger partial charge >= 0.3 is 5.97 Å². The molecule has 0 radical (unpaired) electrons. The lowest BCUT2D eigenvalue weighted by atomic mass is 9.81. The molecule has 1 saturated heterocycles. The first-order valence-corrected chi connectivity index (χ1v) is 15.9. The number of hydrogen-bond acceptors (Lipinski definition) is 12. The van der Waals surface area contributed by atoms with Crippen LogP contribution in [0.15, 0.2) is 11.6 Å². The molecule has 12 heteroatoms. The SMILES string of the molecule is CC(C)C(O)C(O)C(O)C(C)OC1C(C)CCCC1OC1OC(CO)C(O)C(C/C(=C\C2CCCCC2)C(=O)OO)C1O. The highest BCUT2D eigenvalue weighted by Gasteiger charge is 2.48. The van der Waals surface area contributed by atoms with Crippen LogP contribution in [0, 0.1) is 23.7 Å². The van der Waals surface area contributed by atoms with Gasteiger partial charge in [-0.25, -0.2) is 4.79 Å². The quantitative estimate of drug-likeness (QED) is 0.0898. The number of aliphatic hydroxyl groups excluding tert-OH is 6. The van der Waals surface area contributed by atoms with Gasteiger partial charge in [-0.3, -0.25) is 4.89 Å². The van der Waals surface area contributed by atoms with Crippen molar-refractivity contribution in [2.45, 2.75) is 147 Å². The summed E-state index contributed by atoms with van der Waals surface area (Å²) in [5.41, 5.74) is 0.132. The zero-order valence-electron chi connectivity index (χ0n) is 25.9. The van der Waals surface area contributed by atoms with Crippen LogP contribution in [-0.2, 0) is 23.9 Å². The number of rotatable bonds is 13. The second kappa shape index (κ2) is 16.9. The van der Waals surface area contributed by atoms with Crippen molar-refractivity contribution in [2.75, 3.05) is 6.61 Å². The van der Waals surface area contributed by atoms with Crippen molar-refractivity contribution in [1.82, 2.24) is 0 Å². The van der Waals surface area contributed by atoms with Crippen LogP contribution in [0.5, 0.6) is 0 Å². The van der Waals surface area contributed by atoms with E-state index in [0.29, 0.717) is 6.42 Å². The highest BCUT2D eigenvalue weighted by molar-refractivity contribution is 5.88. The number of hydrogen-bond donors (Lipinski definition) is 7. The molecule has 12 nitrogen and oxygen atoms in total. The summed E-state index contributed by atoms with van der Waals surface area (Å²) >= 11 is 0. The lowest BCUT2D eigenvalue weighted by Gasteiger charge is -2.46. The van der Waals surface area contributed by atoms with E-state index in [4.69, 9.17) is 19.5 Å². The third kappa shape index (κ3) is 9.41. The van der Waals surface area contributed by atoms with E-state index < -0.39 is 79.7 Å². The van der Waals surface area contributed by atoms with Crippen LogP contribution in [0.1, 0.15) is 85.5 Å². The van der Waals surface area contributed by atoms with E-state index in [-0.39, 0.29) is 29.7 Å². The summed E-state index contributed by atoms with van der Waals surface area (Å²) in [4.78, 5) is 16.5. The Kier molecular flexibility index (Phi) is 14.3. The summed E-state index contributed by atoms with van der Waals surface area (Å²) in [5, 5.41) is 72.9. The summed E-state index contributed by atoms with van der Waals surface area (Å²) < 4.78 is 18.3. The molecule has 1 aliphatic heterocycles. The van der Waals surface area contributed by atoms with Gasteiger partial charge in [-0.15, -0.1) is 0 Å². The van der Waals surface area contributed by atoms with Crippen molar-refractivity contribution in [3.05, 3.63) is 11.6 Å². The lowest BCUT2D eigenvalue weighted by Crippen LogP contribution is -2.58.